The molecule has 0 radical (unpaired) electrons. The van der Waals surface area contributed by atoms with Crippen molar-refractivity contribution < 1.29 is 9.59 Å². The van der Waals surface area contributed by atoms with Crippen molar-refractivity contribution in [3.63, 3.8) is 0 Å². The molecule has 3 unspecified atom stereocenters. The van der Waals surface area contributed by atoms with Gasteiger partial charge >= 0.3 is 0 Å². The third-order valence-electron chi connectivity index (χ3n) is 8.44. The van der Waals surface area contributed by atoms with Crippen molar-refractivity contribution in [1.82, 2.24) is 25.3 Å². The first-order valence-electron chi connectivity index (χ1n) is 13.0. The topological polar surface area (TPSA) is 82.5 Å². The fourth-order valence-electron chi connectivity index (χ4n) is 6.19. The summed E-state index contributed by atoms with van der Waals surface area (Å²) in [6.07, 6.45) is 7.45. The molecule has 8 nitrogen and oxygen atoms in total. The fourth-order valence-corrected chi connectivity index (χ4v) is 6.19. The van der Waals surface area contributed by atoms with Gasteiger partial charge in [-0.1, -0.05) is 6.92 Å². The maximum atomic E-state index is 13.4. The molecule has 192 valence electrons. The number of amides is 2. The average molecular weight is 483 g/mol. The van der Waals surface area contributed by atoms with E-state index < -0.39 is 0 Å². The zero-order valence-electron chi connectivity index (χ0n) is 22.4. The number of aromatic nitrogens is 2. The third-order valence-corrected chi connectivity index (χ3v) is 8.44. The second kappa shape index (κ2) is 10.2. The molecule has 0 bridgehead atoms. The number of nitrogens with zero attached hydrogens (tertiary/aromatic N) is 4. The highest BCUT2D eigenvalue weighted by Crippen LogP contribution is 2.35. The van der Waals surface area contributed by atoms with Gasteiger partial charge in [-0.2, -0.15) is 5.10 Å². The van der Waals surface area contributed by atoms with E-state index in [9.17, 15) is 9.59 Å². The number of carbonyl (C=O) groups excluding carboxylic acids is 2. The standard InChI is InChI=1S/C27H42N6O2/c1-16-12-17(2)30-27(35)22(16)14-28-26(34)21-13-24(23-15-29-33(7)25(23)18(21)3)32(6)20-10-8-19(9-11-20)31(4)5/h13,15-17,19-20,22H,8-12,14H2,1-7H3,(H,28,34)(H,30,35). The molecular weight excluding hydrogens is 440 g/mol. The number of carbonyl (C=O) groups is 2. The van der Waals surface area contributed by atoms with Crippen molar-refractivity contribution in [3.05, 3.63) is 23.4 Å². The fraction of sp³-hybridized carbons (Fsp3) is 0.667. The van der Waals surface area contributed by atoms with Gasteiger partial charge in [0.25, 0.3) is 5.91 Å². The number of hydrogen-bond acceptors (Lipinski definition) is 5. The van der Waals surface area contributed by atoms with Crippen LogP contribution in [0.4, 0.5) is 5.69 Å². The van der Waals surface area contributed by atoms with Crippen LogP contribution in [0.25, 0.3) is 10.9 Å². The van der Waals surface area contributed by atoms with Gasteiger partial charge in [-0.25, -0.2) is 0 Å². The average Bonchev–Trinajstić information content (AvgIpc) is 3.20. The number of hydrogen-bond donors (Lipinski definition) is 2. The molecule has 2 heterocycles. The number of fused-ring (bicyclic) bond motifs is 1. The van der Waals surface area contributed by atoms with E-state index in [0.29, 0.717) is 24.2 Å². The Bertz CT molecular complexity index is 1090. The van der Waals surface area contributed by atoms with Crippen LogP contribution in [-0.4, -0.2) is 72.3 Å². The first-order chi connectivity index (χ1) is 16.6. The van der Waals surface area contributed by atoms with Crippen LogP contribution < -0.4 is 15.5 Å². The summed E-state index contributed by atoms with van der Waals surface area (Å²) in [4.78, 5) is 30.6. The monoisotopic (exact) mass is 482 g/mol. The van der Waals surface area contributed by atoms with Gasteiger partial charge in [0.05, 0.1) is 17.6 Å². The molecule has 1 aliphatic heterocycles. The molecule has 1 saturated carbocycles. The first kappa shape index (κ1) is 25.5. The Balaban J connectivity index is 1.58. The Labute approximate surface area is 209 Å². The molecule has 2 aliphatic rings. The van der Waals surface area contributed by atoms with Gasteiger partial charge in [0.15, 0.2) is 0 Å². The molecule has 35 heavy (non-hydrogen) atoms. The summed E-state index contributed by atoms with van der Waals surface area (Å²) < 4.78 is 1.86. The van der Waals surface area contributed by atoms with Gasteiger partial charge in [0.1, 0.15) is 0 Å². The summed E-state index contributed by atoms with van der Waals surface area (Å²) in [6, 6.07) is 3.28. The van der Waals surface area contributed by atoms with Crippen LogP contribution in [0, 0.1) is 18.8 Å². The van der Waals surface area contributed by atoms with Crippen LogP contribution in [0.1, 0.15) is 61.9 Å². The molecule has 2 amide bonds. The molecule has 2 aromatic rings. The first-order valence-corrected chi connectivity index (χ1v) is 13.0. The van der Waals surface area contributed by atoms with Crippen LogP contribution in [0.3, 0.4) is 0 Å². The van der Waals surface area contributed by atoms with Crippen molar-refractivity contribution in [2.45, 2.75) is 71.0 Å². The van der Waals surface area contributed by atoms with Gasteiger partial charge in [0.2, 0.25) is 5.91 Å². The molecule has 8 heteroatoms. The molecule has 2 fully saturated rings. The molecule has 0 spiro atoms. The van der Waals surface area contributed by atoms with Gasteiger partial charge < -0.3 is 20.4 Å². The SMILES string of the molecule is Cc1c(C(=O)NCC2C(=O)NC(C)CC2C)cc(N(C)C2CCC(N(C)C)CC2)c2cnn(C)c12. The minimum Gasteiger partial charge on any atom is -0.371 e. The van der Waals surface area contributed by atoms with Crippen molar-refractivity contribution in [2.75, 3.05) is 32.6 Å². The molecule has 2 N–H and O–H groups in total. The lowest BCUT2D eigenvalue weighted by molar-refractivity contribution is -0.129. The number of piperidine rings is 1. The van der Waals surface area contributed by atoms with Crippen molar-refractivity contribution in [2.24, 2.45) is 18.9 Å². The number of anilines is 1. The van der Waals surface area contributed by atoms with E-state index in [1.165, 1.54) is 12.8 Å². The normalized spacial score (nSPS) is 27.2. The zero-order valence-corrected chi connectivity index (χ0v) is 22.4. The quantitative estimate of drug-likeness (QED) is 0.661. The maximum Gasteiger partial charge on any atom is 0.251 e. The minimum atomic E-state index is -0.204. The van der Waals surface area contributed by atoms with Crippen LogP contribution in [0.5, 0.6) is 0 Å². The highest BCUT2D eigenvalue weighted by Gasteiger charge is 2.33. The van der Waals surface area contributed by atoms with Crippen LogP contribution in [-0.2, 0) is 11.8 Å². The second-order valence-electron chi connectivity index (χ2n) is 11.1. The Morgan fingerprint density at radius 1 is 1.17 bits per heavy atom. The summed E-state index contributed by atoms with van der Waals surface area (Å²) in [5.41, 5.74) is 3.61. The molecule has 3 atom stereocenters. The number of nitrogens with one attached hydrogen (secondary N) is 2. The van der Waals surface area contributed by atoms with Gasteiger partial charge in [-0.05, 0) is 77.6 Å². The van der Waals surface area contributed by atoms with Crippen LogP contribution >= 0.6 is 0 Å². The molecular formula is C27H42N6O2. The Morgan fingerprint density at radius 2 is 1.83 bits per heavy atom. The van der Waals surface area contributed by atoms with Gasteiger partial charge in [0, 0.05) is 55.4 Å². The third kappa shape index (κ3) is 5.03. The lowest BCUT2D eigenvalue weighted by Crippen LogP contribution is -2.50. The summed E-state index contributed by atoms with van der Waals surface area (Å²) in [5.74, 6) is -0.0668. The Kier molecular flexibility index (Phi) is 7.40. The second-order valence-corrected chi connectivity index (χ2v) is 11.1. The smallest absolute Gasteiger partial charge is 0.251 e. The highest BCUT2D eigenvalue weighted by atomic mass is 16.2. The molecule has 4 rings (SSSR count). The van der Waals surface area contributed by atoms with E-state index in [1.54, 1.807) is 0 Å². The van der Waals surface area contributed by atoms with E-state index in [-0.39, 0.29) is 29.7 Å². The predicted octanol–water partition coefficient (Wildman–Crippen LogP) is 3.08. The largest absolute Gasteiger partial charge is 0.371 e. The van der Waals surface area contributed by atoms with Crippen LogP contribution in [0.2, 0.25) is 0 Å². The van der Waals surface area contributed by atoms with Crippen LogP contribution in [0.15, 0.2) is 12.3 Å². The van der Waals surface area contributed by atoms with E-state index >= 15 is 0 Å². The lowest BCUT2D eigenvalue weighted by atomic mass is 9.84. The summed E-state index contributed by atoms with van der Waals surface area (Å²) >= 11 is 0. The summed E-state index contributed by atoms with van der Waals surface area (Å²) in [6.45, 7) is 6.46. The molecule has 1 saturated heterocycles. The predicted molar refractivity (Wildman–Crippen MR) is 141 cm³/mol. The highest BCUT2D eigenvalue weighted by molar-refractivity contribution is 6.05. The molecule has 1 aromatic heterocycles. The summed E-state index contributed by atoms with van der Waals surface area (Å²) in [7, 11) is 8.40. The van der Waals surface area contributed by atoms with Crippen molar-refractivity contribution in [3.8, 4) is 0 Å². The summed E-state index contributed by atoms with van der Waals surface area (Å²) in [5, 5.41) is 11.7. The van der Waals surface area contributed by atoms with E-state index in [1.807, 2.05) is 37.8 Å². The minimum absolute atomic E-state index is 0.0316. The maximum absolute atomic E-state index is 13.4. The van der Waals surface area contributed by atoms with Gasteiger partial charge in [-0.3, -0.25) is 14.3 Å². The van der Waals surface area contributed by atoms with E-state index in [4.69, 9.17) is 0 Å². The van der Waals surface area contributed by atoms with Crippen molar-refractivity contribution in [1.29, 1.82) is 0 Å². The lowest BCUT2D eigenvalue weighted by Gasteiger charge is -2.38. The van der Waals surface area contributed by atoms with Gasteiger partial charge in [-0.15, -0.1) is 0 Å². The van der Waals surface area contributed by atoms with E-state index in [0.717, 1.165) is 41.4 Å². The molecule has 1 aromatic carbocycles. The Hall–Kier alpha value is -2.61. The van der Waals surface area contributed by atoms with E-state index in [2.05, 4.69) is 53.6 Å². The number of benzene rings is 1. The van der Waals surface area contributed by atoms with Crippen molar-refractivity contribution >= 4 is 28.4 Å². The zero-order chi connectivity index (χ0) is 25.4. The molecule has 1 aliphatic carbocycles. The number of aryl methyl sites for hydroxylation is 2. The Morgan fingerprint density at radius 3 is 2.46 bits per heavy atom. The number of rotatable bonds is 6.